The number of hydrogen-bond acceptors (Lipinski definition) is 3. The minimum atomic E-state index is -1.000. The predicted octanol–water partition coefficient (Wildman–Crippen LogP) is 2.90. The van der Waals surface area contributed by atoms with Gasteiger partial charge < -0.3 is 10.4 Å². The lowest BCUT2D eigenvalue weighted by molar-refractivity contribution is 0.0696. The summed E-state index contributed by atoms with van der Waals surface area (Å²) in [5.74, 6) is -1.27. The van der Waals surface area contributed by atoms with Crippen molar-refractivity contribution >= 4 is 17.6 Å². The largest absolute Gasteiger partial charge is 0.478 e. The van der Waals surface area contributed by atoms with Crippen molar-refractivity contribution in [1.82, 2.24) is 9.78 Å². The summed E-state index contributed by atoms with van der Waals surface area (Å²) in [6, 6.07) is 6.02. The molecule has 0 aliphatic rings. The van der Waals surface area contributed by atoms with Crippen LogP contribution in [0.3, 0.4) is 0 Å². The zero-order chi connectivity index (χ0) is 16.5. The van der Waals surface area contributed by atoms with Crippen molar-refractivity contribution in [2.75, 3.05) is 5.32 Å². The number of nitrogens with one attached hydrogen (secondary N) is 1. The summed E-state index contributed by atoms with van der Waals surface area (Å²) in [5, 5.41) is 15.9. The van der Waals surface area contributed by atoms with E-state index in [1.165, 1.54) is 12.1 Å². The molecule has 1 aromatic heterocycles. The molecule has 0 radical (unpaired) electrons. The first kappa shape index (κ1) is 15.8. The van der Waals surface area contributed by atoms with Gasteiger partial charge in [0.1, 0.15) is 0 Å². The van der Waals surface area contributed by atoms with E-state index in [-0.39, 0.29) is 17.0 Å². The Morgan fingerprint density at radius 2 is 1.77 bits per heavy atom. The first-order valence-electron chi connectivity index (χ1n) is 6.90. The summed E-state index contributed by atoms with van der Waals surface area (Å²) in [6.45, 7) is 7.89. The molecule has 0 unspecified atom stereocenters. The molecule has 2 rings (SSSR count). The van der Waals surface area contributed by atoms with Gasteiger partial charge in [0.15, 0.2) is 0 Å². The van der Waals surface area contributed by atoms with E-state index in [0.717, 1.165) is 5.69 Å². The number of aromatic carboxylic acids is 1. The van der Waals surface area contributed by atoms with E-state index in [9.17, 15) is 9.59 Å². The Balaban J connectivity index is 2.19. The molecule has 2 aromatic rings. The minimum absolute atomic E-state index is 0.176. The van der Waals surface area contributed by atoms with Gasteiger partial charge in [0, 0.05) is 11.4 Å². The van der Waals surface area contributed by atoms with Crippen molar-refractivity contribution in [1.29, 1.82) is 0 Å². The van der Waals surface area contributed by atoms with Crippen LogP contribution in [0.5, 0.6) is 0 Å². The molecule has 1 aromatic carbocycles. The van der Waals surface area contributed by atoms with Gasteiger partial charge in [-0.25, -0.2) is 4.79 Å². The number of amides is 1. The molecule has 6 nitrogen and oxygen atoms in total. The maximum Gasteiger partial charge on any atom is 0.335 e. The average Bonchev–Trinajstić information content (AvgIpc) is 2.81. The second-order valence-corrected chi connectivity index (χ2v) is 6.06. The van der Waals surface area contributed by atoms with Gasteiger partial charge in [-0.15, -0.1) is 0 Å². The fourth-order valence-corrected chi connectivity index (χ4v) is 2.20. The first-order valence-corrected chi connectivity index (χ1v) is 6.90. The monoisotopic (exact) mass is 301 g/mol. The smallest absolute Gasteiger partial charge is 0.335 e. The van der Waals surface area contributed by atoms with E-state index in [1.54, 1.807) is 23.0 Å². The number of anilines is 1. The molecular weight excluding hydrogens is 282 g/mol. The van der Waals surface area contributed by atoms with Crippen LogP contribution in [0.25, 0.3) is 0 Å². The fraction of sp³-hybridized carbons (Fsp3) is 0.312. The summed E-state index contributed by atoms with van der Waals surface area (Å²) in [4.78, 5) is 23.1. The van der Waals surface area contributed by atoms with Gasteiger partial charge in [-0.3, -0.25) is 9.48 Å². The molecule has 6 heteroatoms. The summed E-state index contributed by atoms with van der Waals surface area (Å²) in [5.41, 5.74) is 1.79. The topological polar surface area (TPSA) is 84.2 Å². The molecule has 0 aliphatic heterocycles. The number of hydrogen-bond donors (Lipinski definition) is 2. The maximum atomic E-state index is 12.3. The van der Waals surface area contributed by atoms with Crippen LogP contribution in [-0.4, -0.2) is 26.8 Å². The number of nitrogens with zero attached hydrogens (tertiary/aromatic N) is 2. The molecular formula is C16H19N3O3. The van der Waals surface area contributed by atoms with Gasteiger partial charge in [0.25, 0.3) is 5.91 Å². The molecule has 0 saturated heterocycles. The Bertz CT molecular complexity index is 709. The van der Waals surface area contributed by atoms with Gasteiger partial charge in [-0.05, 0) is 52.0 Å². The Morgan fingerprint density at radius 1 is 1.18 bits per heavy atom. The Morgan fingerprint density at radius 3 is 2.23 bits per heavy atom. The normalized spacial score (nSPS) is 11.3. The average molecular weight is 301 g/mol. The Kier molecular flexibility index (Phi) is 4.03. The van der Waals surface area contributed by atoms with Gasteiger partial charge in [0.05, 0.1) is 22.9 Å². The molecule has 0 fully saturated rings. The number of carbonyl (C=O) groups excluding carboxylic acids is 1. The predicted molar refractivity (Wildman–Crippen MR) is 83.3 cm³/mol. The van der Waals surface area contributed by atoms with Crippen LogP contribution >= 0.6 is 0 Å². The Labute approximate surface area is 128 Å². The number of benzene rings is 1. The second kappa shape index (κ2) is 5.63. The quantitative estimate of drug-likeness (QED) is 0.913. The summed E-state index contributed by atoms with van der Waals surface area (Å²) >= 11 is 0. The van der Waals surface area contributed by atoms with Crippen LogP contribution in [0.2, 0.25) is 0 Å². The van der Waals surface area contributed by atoms with Gasteiger partial charge in [-0.1, -0.05) is 0 Å². The minimum Gasteiger partial charge on any atom is -0.478 e. The molecule has 22 heavy (non-hydrogen) atoms. The van der Waals surface area contributed by atoms with E-state index in [1.807, 2.05) is 27.7 Å². The molecule has 0 aliphatic carbocycles. The van der Waals surface area contributed by atoms with Crippen LogP contribution in [0, 0.1) is 6.92 Å². The standard InChI is InChI=1S/C16H19N3O3/c1-10-13(9-17-19(10)16(2,3)4)14(20)18-12-7-5-11(6-8-12)15(21)22/h5-9H,1-4H3,(H,18,20)(H,21,22). The highest BCUT2D eigenvalue weighted by Crippen LogP contribution is 2.19. The molecule has 1 amide bonds. The van der Waals surface area contributed by atoms with Crippen LogP contribution in [0.4, 0.5) is 5.69 Å². The summed E-state index contributed by atoms with van der Waals surface area (Å²) < 4.78 is 1.80. The van der Waals surface area contributed by atoms with Crippen molar-refractivity contribution in [3.05, 3.63) is 47.3 Å². The lowest BCUT2D eigenvalue weighted by atomic mass is 10.1. The van der Waals surface area contributed by atoms with Crippen molar-refractivity contribution in [2.24, 2.45) is 0 Å². The third-order valence-electron chi connectivity index (χ3n) is 3.28. The van der Waals surface area contributed by atoms with E-state index in [4.69, 9.17) is 5.11 Å². The second-order valence-electron chi connectivity index (χ2n) is 6.06. The van der Waals surface area contributed by atoms with Crippen molar-refractivity contribution < 1.29 is 14.7 Å². The highest BCUT2D eigenvalue weighted by molar-refractivity contribution is 6.05. The molecule has 116 valence electrons. The van der Waals surface area contributed by atoms with E-state index in [0.29, 0.717) is 11.3 Å². The first-order chi connectivity index (χ1) is 10.2. The number of carboxylic acid groups (broad SMARTS) is 1. The van der Waals surface area contributed by atoms with Crippen LogP contribution in [0.1, 0.15) is 47.2 Å². The lowest BCUT2D eigenvalue weighted by Gasteiger charge is -2.21. The molecule has 0 spiro atoms. The van der Waals surface area contributed by atoms with E-state index >= 15 is 0 Å². The number of aromatic nitrogens is 2. The van der Waals surface area contributed by atoms with Crippen molar-refractivity contribution in [3.8, 4) is 0 Å². The molecule has 0 atom stereocenters. The Hall–Kier alpha value is -2.63. The molecule has 1 heterocycles. The van der Waals surface area contributed by atoms with Crippen LogP contribution in [-0.2, 0) is 5.54 Å². The zero-order valence-corrected chi connectivity index (χ0v) is 13.0. The number of carboxylic acids is 1. The van der Waals surface area contributed by atoms with Gasteiger partial charge >= 0.3 is 5.97 Å². The fourth-order valence-electron chi connectivity index (χ4n) is 2.20. The number of carbonyl (C=O) groups is 2. The van der Waals surface area contributed by atoms with Gasteiger partial charge in [0.2, 0.25) is 0 Å². The maximum absolute atomic E-state index is 12.3. The van der Waals surface area contributed by atoms with Gasteiger partial charge in [-0.2, -0.15) is 5.10 Å². The summed E-state index contributed by atoms with van der Waals surface area (Å²) in [7, 11) is 0. The molecule has 0 bridgehead atoms. The molecule has 2 N–H and O–H groups in total. The SMILES string of the molecule is Cc1c(C(=O)Nc2ccc(C(=O)O)cc2)cnn1C(C)(C)C. The van der Waals surface area contributed by atoms with Crippen LogP contribution < -0.4 is 5.32 Å². The van der Waals surface area contributed by atoms with Crippen molar-refractivity contribution in [2.45, 2.75) is 33.2 Å². The third kappa shape index (κ3) is 3.16. The van der Waals surface area contributed by atoms with Crippen LogP contribution in [0.15, 0.2) is 30.5 Å². The highest BCUT2D eigenvalue weighted by atomic mass is 16.4. The third-order valence-corrected chi connectivity index (χ3v) is 3.28. The van der Waals surface area contributed by atoms with E-state index < -0.39 is 5.97 Å². The molecule has 0 saturated carbocycles. The number of rotatable bonds is 3. The highest BCUT2D eigenvalue weighted by Gasteiger charge is 2.21. The summed E-state index contributed by atoms with van der Waals surface area (Å²) in [6.07, 6.45) is 1.54. The zero-order valence-electron chi connectivity index (χ0n) is 13.0. The van der Waals surface area contributed by atoms with E-state index in [2.05, 4.69) is 10.4 Å². The lowest BCUT2D eigenvalue weighted by Crippen LogP contribution is -2.25. The van der Waals surface area contributed by atoms with Crippen molar-refractivity contribution in [3.63, 3.8) is 0 Å².